The van der Waals surface area contributed by atoms with Crippen LogP contribution in [0.2, 0.25) is 0 Å². The largest absolute Gasteiger partial charge is 0.312 e. The maximum Gasteiger partial charge on any atom is 0.111 e. The number of nitrogens with zero attached hydrogens (tertiary/aromatic N) is 2. The molecule has 1 N–H and O–H groups in total. The summed E-state index contributed by atoms with van der Waals surface area (Å²) in [5, 5.41) is 4.98. The zero-order valence-corrected chi connectivity index (χ0v) is 13.4. The zero-order valence-electron chi connectivity index (χ0n) is 12.6. The number of benzene rings is 1. The molecule has 0 amide bonds. The molecule has 0 radical (unpaired) electrons. The Kier molecular flexibility index (Phi) is 3.69. The smallest absolute Gasteiger partial charge is 0.111 e. The van der Waals surface area contributed by atoms with Crippen LogP contribution in [0.4, 0.5) is 0 Å². The third-order valence-electron chi connectivity index (χ3n) is 5.07. The summed E-state index contributed by atoms with van der Waals surface area (Å²) in [6.45, 7) is 4.76. The molecule has 0 aliphatic carbocycles. The molecule has 3 heterocycles. The molecular formula is C17H23N3S. The number of nitrogens with one attached hydrogen (secondary N) is 1. The van der Waals surface area contributed by atoms with Gasteiger partial charge in [0, 0.05) is 12.1 Å². The van der Waals surface area contributed by atoms with Crippen LogP contribution in [0.1, 0.15) is 43.7 Å². The predicted molar refractivity (Wildman–Crippen MR) is 88.8 cm³/mol. The first-order valence-electron chi connectivity index (χ1n) is 8.17. The minimum Gasteiger partial charge on any atom is -0.312 e. The van der Waals surface area contributed by atoms with Crippen molar-refractivity contribution in [3.8, 4) is 0 Å². The maximum atomic E-state index is 4.87. The minimum absolute atomic E-state index is 0.442. The fourth-order valence-electron chi connectivity index (χ4n) is 3.98. The van der Waals surface area contributed by atoms with Crippen LogP contribution in [0, 0.1) is 0 Å². The fourth-order valence-corrected chi connectivity index (χ4v) is 5.02. The van der Waals surface area contributed by atoms with E-state index in [0.29, 0.717) is 18.1 Å². The Labute approximate surface area is 130 Å². The number of fused-ring (bicyclic) bond motifs is 1. The molecule has 4 rings (SSSR count). The van der Waals surface area contributed by atoms with E-state index < -0.39 is 0 Å². The summed E-state index contributed by atoms with van der Waals surface area (Å²) in [5.74, 6) is 0. The summed E-state index contributed by atoms with van der Waals surface area (Å²) in [6.07, 6.45) is 5.35. The van der Waals surface area contributed by atoms with Crippen LogP contribution in [0.25, 0.3) is 10.2 Å². The molecule has 0 spiro atoms. The molecule has 21 heavy (non-hydrogen) atoms. The van der Waals surface area contributed by atoms with Gasteiger partial charge in [0.05, 0.1) is 16.3 Å². The second-order valence-electron chi connectivity index (χ2n) is 6.35. The van der Waals surface area contributed by atoms with Crippen molar-refractivity contribution in [2.45, 2.75) is 50.7 Å². The van der Waals surface area contributed by atoms with Crippen molar-refractivity contribution in [3.63, 3.8) is 0 Å². The number of thiazole rings is 1. The molecule has 3 unspecified atom stereocenters. The summed E-state index contributed by atoms with van der Waals surface area (Å²) in [5.41, 5.74) is 1.15. The van der Waals surface area contributed by atoms with E-state index in [2.05, 4.69) is 41.4 Å². The van der Waals surface area contributed by atoms with Crippen molar-refractivity contribution < 1.29 is 0 Å². The predicted octanol–water partition coefficient (Wildman–Crippen LogP) is 3.57. The molecule has 2 aromatic rings. The number of likely N-dealkylation sites (tertiary alicyclic amines) is 1. The van der Waals surface area contributed by atoms with Gasteiger partial charge in [0.15, 0.2) is 0 Å². The third kappa shape index (κ3) is 2.50. The normalized spacial score (nSPS) is 28.4. The molecule has 1 aromatic heterocycles. The molecule has 4 heteroatoms. The molecule has 3 atom stereocenters. The van der Waals surface area contributed by atoms with E-state index in [-0.39, 0.29) is 0 Å². The van der Waals surface area contributed by atoms with Gasteiger partial charge in [0.1, 0.15) is 5.01 Å². The highest BCUT2D eigenvalue weighted by Gasteiger charge is 2.36. The Bertz CT molecular complexity index is 584. The number of hydrogen-bond acceptors (Lipinski definition) is 4. The van der Waals surface area contributed by atoms with Gasteiger partial charge in [0.2, 0.25) is 0 Å². The highest BCUT2D eigenvalue weighted by molar-refractivity contribution is 7.18. The molecule has 2 aliphatic rings. The summed E-state index contributed by atoms with van der Waals surface area (Å²) < 4.78 is 1.31. The van der Waals surface area contributed by atoms with Crippen LogP contribution in [0.15, 0.2) is 24.3 Å². The molecule has 2 saturated heterocycles. The number of hydrogen-bond donors (Lipinski definition) is 1. The average Bonchev–Trinajstić information content (AvgIpc) is 3.23. The lowest BCUT2D eigenvalue weighted by atomic mass is 10.0. The van der Waals surface area contributed by atoms with Gasteiger partial charge in [-0.2, -0.15) is 0 Å². The monoisotopic (exact) mass is 301 g/mol. The zero-order chi connectivity index (χ0) is 14.2. The van der Waals surface area contributed by atoms with Gasteiger partial charge in [-0.3, -0.25) is 4.90 Å². The molecule has 3 nitrogen and oxygen atoms in total. The average molecular weight is 301 g/mol. The number of para-hydroxylation sites is 1. The molecule has 0 saturated carbocycles. The molecule has 1 aromatic carbocycles. The second kappa shape index (κ2) is 5.67. The van der Waals surface area contributed by atoms with Gasteiger partial charge in [-0.25, -0.2) is 4.98 Å². The van der Waals surface area contributed by atoms with Crippen molar-refractivity contribution in [2.75, 3.05) is 13.1 Å². The van der Waals surface area contributed by atoms with Crippen LogP contribution >= 0.6 is 11.3 Å². The molecule has 0 bridgehead atoms. The van der Waals surface area contributed by atoms with Crippen LogP contribution in [-0.4, -0.2) is 35.1 Å². The topological polar surface area (TPSA) is 28.2 Å². The van der Waals surface area contributed by atoms with E-state index in [0.717, 1.165) is 5.52 Å². The van der Waals surface area contributed by atoms with E-state index in [1.54, 1.807) is 0 Å². The Morgan fingerprint density at radius 3 is 3.00 bits per heavy atom. The minimum atomic E-state index is 0.442. The second-order valence-corrected chi connectivity index (χ2v) is 7.41. The van der Waals surface area contributed by atoms with Gasteiger partial charge in [-0.1, -0.05) is 12.1 Å². The van der Waals surface area contributed by atoms with Gasteiger partial charge in [-0.15, -0.1) is 11.3 Å². The first kappa shape index (κ1) is 13.7. The standard InChI is InChI=1S/C17H23N3S/c1-12(17-19-14-6-2-3-9-16(14)21-17)20-11-5-8-15(20)13-7-4-10-18-13/h2-3,6,9,12-13,15,18H,4-5,7-8,10-11H2,1H3. The summed E-state index contributed by atoms with van der Waals surface area (Å²) in [6, 6.07) is 10.3. The lowest BCUT2D eigenvalue weighted by molar-refractivity contribution is 0.163. The lowest BCUT2D eigenvalue weighted by Crippen LogP contribution is -2.44. The van der Waals surface area contributed by atoms with E-state index in [4.69, 9.17) is 4.98 Å². The summed E-state index contributed by atoms with van der Waals surface area (Å²) in [7, 11) is 0. The Morgan fingerprint density at radius 2 is 2.19 bits per heavy atom. The quantitative estimate of drug-likeness (QED) is 0.939. The Morgan fingerprint density at radius 1 is 1.29 bits per heavy atom. The first-order chi connectivity index (χ1) is 10.3. The fraction of sp³-hybridized carbons (Fsp3) is 0.588. The van der Waals surface area contributed by atoms with Gasteiger partial charge < -0.3 is 5.32 Å². The van der Waals surface area contributed by atoms with Gasteiger partial charge in [0.25, 0.3) is 0 Å². The van der Waals surface area contributed by atoms with E-state index in [1.807, 2.05) is 11.3 Å². The molecule has 112 valence electrons. The third-order valence-corrected chi connectivity index (χ3v) is 6.28. The van der Waals surface area contributed by atoms with Crippen LogP contribution < -0.4 is 5.32 Å². The van der Waals surface area contributed by atoms with Crippen molar-refractivity contribution >= 4 is 21.6 Å². The van der Waals surface area contributed by atoms with E-state index >= 15 is 0 Å². The van der Waals surface area contributed by atoms with Crippen LogP contribution in [-0.2, 0) is 0 Å². The number of rotatable bonds is 3. The number of aromatic nitrogens is 1. The van der Waals surface area contributed by atoms with Crippen molar-refractivity contribution in [1.29, 1.82) is 0 Å². The van der Waals surface area contributed by atoms with Gasteiger partial charge in [-0.05, 0) is 57.8 Å². The van der Waals surface area contributed by atoms with Crippen molar-refractivity contribution in [2.24, 2.45) is 0 Å². The van der Waals surface area contributed by atoms with Crippen molar-refractivity contribution in [1.82, 2.24) is 15.2 Å². The highest BCUT2D eigenvalue weighted by Crippen LogP contribution is 2.35. The van der Waals surface area contributed by atoms with E-state index in [9.17, 15) is 0 Å². The molecule has 2 aliphatic heterocycles. The summed E-state index contributed by atoms with van der Waals surface area (Å²) >= 11 is 1.86. The van der Waals surface area contributed by atoms with Gasteiger partial charge >= 0.3 is 0 Å². The maximum absolute atomic E-state index is 4.87. The van der Waals surface area contributed by atoms with Crippen LogP contribution in [0.5, 0.6) is 0 Å². The molecule has 2 fully saturated rings. The molecular weight excluding hydrogens is 278 g/mol. The Hall–Kier alpha value is -0.970. The Balaban J connectivity index is 1.59. The highest BCUT2D eigenvalue weighted by atomic mass is 32.1. The lowest BCUT2D eigenvalue weighted by Gasteiger charge is -2.33. The summed E-state index contributed by atoms with van der Waals surface area (Å²) in [4.78, 5) is 7.57. The SMILES string of the molecule is CC(c1nc2ccccc2s1)N1CCCC1C1CCCN1. The van der Waals surface area contributed by atoms with Crippen molar-refractivity contribution in [3.05, 3.63) is 29.3 Å². The van der Waals surface area contributed by atoms with Crippen LogP contribution in [0.3, 0.4) is 0 Å². The van der Waals surface area contributed by atoms with E-state index in [1.165, 1.54) is 48.5 Å². The first-order valence-corrected chi connectivity index (χ1v) is 8.99.